The van der Waals surface area contributed by atoms with Crippen LogP contribution < -0.4 is 4.74 Å². The third-order valence-electron chi connectivity index (χ3n) is 5.68. The second-order valence-corrected chi connectivity index (χ2v) is 9.06. The monoisotopic (exact) mass is 465 g/mol. The summed E-state index contributed by atoms with van der Waals surface area (Å²) in [5, 5.41) is 9.68. The Morgan fingerprint density at radius 3 is 2.48 bits per heavy atom. The highest BCUT2D eigenvalue weighted by atomic mass is 32.2. The predicted octanol–water partition coefficient (Wildman–Crippen LogP) is 5.67. The van der Waals surface area contributed by atoms with Gasteiger partial charge in [-0.3, -0.25) is 4.79 Å². The molecule has 2 aromatic carbocycles. The minimum Gasteiger partial charge on any atom is -0.462 e. The second kappa shape index (κ2) is 10.6. The number of benzene rings is 2. The van der Waals surface area contributed by atoms with Crippen molar-refractivity contribution in [2.45, 2.75) is 26.9 Å². The van der Waals surface area contributed by atoms with E-state index in [9.17, 15) is 14.9 Å². The van der Waals surface area contributed by atoms with Crippen LogP contribution in [0, 0.1) is 28.6 Å². The van der Waals surface area contributed by atoms with E-state index in [1.165, 1.54) is 11.8 Å². The quantitative estimate of drug-likeness (QED) is 0.348. The molecule has 0 radical (unpaired) electrons. The molecule has 0 unspecified atom stereocenters. The Morgan fingerprint density at radius 2 is 1.85 bits per heavy atom. The summed E-state index contributed by atoms with van der Waals surface area (Å²) >= 11 is 1.29. The number of nitrogens with zero attached hydrogens (tertiary/aromatic N) is 1. The number of hydrogen-bond donors (Lipinski definition) is 0. The molecule has 0 bridgehead atoms. The first-order valence-corrected chi connectivity index (χ1v) is 11.9. The summed E-state index contributed by atoms with van der Waals surface area (Å²) < 4.78 is 16.5. The number of esters is 2. The van der Waals surface area contributed by atoms with Gasteiger partial charge in [-0.1, -0.05) is 50.3 Å². The summed E-state index contributed by atoms with van der Waals surface area (Å²) in [7, 11) is 0. The number of thioether (sulfide) groups is 1. The number of carbonyl (C=O) groups is 2. The van der Waals surface area contributed by atoms with Crippen LogP contribution >= 0.6 is 11.8 Å². The molecule has 1 aliphatic carbocycles. The van der Waals surface area contributed by atoms with Crippen LogP contribution in [0.15, 0.2) is 65.6 Å². The highest BCUT2D eigenvalue weighted by Crippen LogP contribution is 2.60. The molecule has 1 aliphatic rings. The van der Waals surface area contributed by atoms with Crippen LogP contribution in [0.25, 0.3) is 0 Å². The number of ether oxygens (including phenoxy) is 3. The fraction of sp³-hybridized carbons (Fsp3) is 0.346. The molecule has 0 N–H and O–H groups in total. The van der Waals surface area contributed by atoms with E-state index in [0.717, 1.165) is 0 Å². The van der Waals surface area contributed by atoms with Crippen LogP contribution in [-0.4, -0.2) is 24.8 Å². The van der Waals surface area contributed by atoms with Crippen molar-refractivity contribution >= 4 is 23.7 Å². The molecule has 0 amide bonds. The second-order valence-electron chi connectivity index (χ2n) is 8.21. The number of para-hydroxylation sites is 1. The van der Waals surface area contributed by atoms with E-state index in [4.69, 9.17) is 14.2 Å². The zero-order chi connectivity index (χ0) is 24.0. The molecule has 7 heteroatoms. The molecular weight excluding hydrogens is 438 g/mol. The van der Waals surface area contributed by atoms with E-state index in [0.29, 0.717) is 22.0 Å². The van der Waals surface area contributed by atoms with Crippen molar-refractivity contribution in [3.05, 3.63) is 71.1 Å². The lowest BCUT2D eigenvalue weighted by atomic mass is 10.1. The summed E-state index contributed by atoms with van der Waals surface area (Å²) in [6.45, 7) is 5.92. The van der Waals surface area contributed by atoms with Gasteiger partial charge < -0.3 is 14.2 Å². The van der Waals surface area contributed by atoms with Gasteiger partial charge in [-0.2, -0.15) is 5.26 Å². The molecule has 1 saturated carbocycles. The lowest BCUT2D eigenvalue weighted by Gasteiger charge is -2.13. The molecule has 3 atom stereocenters. The fourth-order valence-corrected chi connectivity index (χ4v) is 4.26. The van der Waals surface area contributed by atoms with Crippen LogP contribution in [0.4, 0.5) is 0 Å². The van der Waals surface area contributed by atoms with Gasteiger partial charge in [0.05, 0.1) is 17.4 Å². The minimum absolute atomic E-state index is 0.177. The summed E-state index contributed by atoms with van der Waals surface area (Å²) in [6, 6.07) is 18.3. The van der Waals surface area contributed by atoms with E-state index in [2.05, 4.69) is 6.07 Å². The first kappa shape index (κ1) is 24.4. The van der Waals surface area contributed by atoms with Crippen LogP contribution in [0.1, 0.15) is 32.4 Å². The van der Waals surface area contributed by atoms with E-state index in [1.807, 2.05) is 44.2 Å². The molecule has 0 saturated heterocycles. The zero-order valence-electron chi connectivity index (χ0n) is 19.1. The summed E-state index contributed by atoms with van der Waals surface area (Å²) in [5.41, 5.74) is 0.143. The van der Waals surface area contributed by atoms with Crippen molar-refractivity contribution in [1.82, 2.24) is 0 Å². The molecule has 2 aromatic rings. The Bertz CT molecular complexity index is 1070. The smallest absolute Gasteiger partial charge is 0.344 e. The lowest BCUT2D eigenvalue weighted by Crippen LogP contribution is -2.14. The van der Waals surface area contributed by atoms with Crippen LogP contribution in [0.2, 0.25) is 0 Å². The normalized spacial score (nSPS) is 19.7. The Kier molecular flexibility index (Phi) is 7.83. The summed E-state index contributed by atoms with van der Waals surface area (Å²) in [5.74, 6) is -0.281. The zero-order valence-corrected chi connectivity index (χ0v) is 19.9. The molecule has 33 heavy (non-hydrogen) atoms. The van der Waals surface area contributed by atoms with Crippen molar-refractivity contribution in [1.29, 1.82) is 5.26 Å². The van der Waals surface area contributed by atoms with E-state index < -0.39 is 24.0 Å². The first-order valence-electron chi connectivity index (χ1n) is 10.7. The molecule has 3 rings (SSSR count). The van der Waals surface area contributed by atoms with Gasteiger partial charge in [0.1, 0.15) is 17.6 Å². The summed E-state index contributed by atoms with van der Waals surface area (Å²) in [6.07, 6.45) is 2.51. The van der Waals surface area contributed by atoms with Gasteiger partial charge in [-0.05, 0) is 48.8 Å². The topological polar surface area (TPSA) is 85.6 Å². The maximum absolute atomic E-state index is 13.0. The number of rotatable bonds is 9. The largest absolute Gasteiger partial charge is 0.462 e. The highest BCUT2D eigenvalue weighted by molar-refractivity contribution is 8.03. The average Bonchev–Trinajstić information content (AvgIpc) is 3.36. The van der Waals surface area contributed by atoms with Gasteiger partial charge in [0, 0.05) is 5.56 Å². The van der Waals surface area contributed by atoms with Crippen molar-refractivity contribution in [2.75, 3.05) is 12.9 Å². The lowest BCUT2D eigenvalue weighted by molar-refractivity contribution is -0.149. The van der Waals surface area contributed by atoms with Gasteiger partial charge in [0.2, 0.25) is 6.10 Å². The Hall–Kier alpha value is -3.24. The number of allylic oxidation sites excluding steroid dienone is 1. The van der Waals surface area contributed by atoms with Crippen LogP contribution in [-0.2, 0) is 19.1 Å². The molecule has 0 heterocycles. The van der Waals surface area contributed by atoms with E-state index >= 15 is 0 Å². The number of carbonyl (C=O) groups excluding carboxylic acids is 2. The molecular formula is C26H27NO5S. The van der Waals surface area contributed by atoms with Gasteiger partial charge >= 0.3 is 11.9 Å². The number of nitriles is 1. The Morgan fingerprint density at radius 1 is 1.15 bits per heavy atom. The van der Waals surface area contributed by atoms with E-state index in [1.54, 1.807) is 43.5 Å². The maximum atomic E-state index is 13.0. The minimum atomic E-state index is -1.07. The predicted molar refractivity (Wildman–Crippen MR) is 126 cm³/mol. The molecule has 0 aliphatic heterocycles. The maximum Gasteiger partial charge on any atom is 0.344 e. The van der Waals surface area contributed by atoms with Crippen LogP contribution in [0.3, 0.4) is 0 Å². The Labute approximate surface area is 198 Å². The fourth-order valence-electron chi connectivity index (χ4n) is 3.75. The average molecular weight is 466 g/mol. The standard InChI is InChI=1S/C26H27NO5S/c1-5-30-24(28)22(33-4)15-20-23(26(20,2)3)25(29)32-21(16-27)17-10-9-13-19(14-17)31-18-11-7-6-8-12-18/h6-15,20-21,23H,5H2,1-4H3/t20-,21-,23+/m1/s1. The number of hydrogen-bond acceptors (Lipinski definition) is 7. The third kappa shape index (κ3) is 5.77. The van der Waals surface area contributed by atoms with Crippen molar-refractivity contribution in [2.24, 2.45) is 17.3 Å². The molecule has 1 fully saturated rings. The molecule has 172 valence electrons. The van der Waals surface area contributed by atoms with E-state index in [-0.39, 0.29) is 17.9 Å². The van der Waals surface area contributed by atoms with Crippen molar-refractivity contribution in [3.63, 3.8) is 0 Å². The van der Waals surface area contributed by atoms with Gasteiger partial charge in [-0.15, -0.1) is 11.8 Å². The highest BCUT2D eigenvalue weighted by Gasteiger charge is 2.62. The van der Waals surface area contributed by atoms with Gasteiger partial charge in [0.25, 0.3) is 0 Å². The third-order valence-corrected chi connectivity index (χ3v) is 6.43. The van der Waals surface area contributed by atoms with Crippen LogP contribution in [0.5, 0.6) is 11.5 Å². The van der Waals surface area contributed by atoms with Crippen molar-refractivity contribution in [3.8, 4) is 17.6 Å². The molecule has 6 nitrogen and oxygen atoms in total. The SMILES string of the molecule is CCOC(=O)C(=C[C@@H]1[C@@H](C(=O)O[C@H](C#N)c2cccc(Oc3ccccc3)c2)C1(C)C)SC. The van der Waals surface area contributed by atoms with Gasteiger partial charge in [-0.25, -0.2) is 4.79 Å². The van der Waals surface area contributed by atoms with Gasteiger partial charge in [0.15, 0.2) is 0 Å². The molecule has 0 spiro atoms. The Balaban J connectivity index is 1.72. The molecule has 0 aromatic heterocycles. The summed E-state index contributed by atoms with van der Waals surface area (Å²) in [4.78, 5) is 25.5. The van der Waals surface area contributed by atoms with Crippen molar-refractivity contribution < 1.29 is 23.8 Å². The first-order chi connectivity index (χ1) is 15.8.